The van der Waals surface area contributed by atoms with Crippen molar-refractivity contribution in [2.45, 2.75) is 83.1 Å². The van der Waals surface area contributed by atoms with Crippen LogP contribution in [0.15, 0.2) is 30.3 Å². The van der Waals surface area contributed by atoms with Gasteiger partial charge in [0.1, 0.15) is 17.5 Å². The van der Waals surface area contributed by atoms with E-state index in [0.717, 1.165) is 50.0 Å². The maximum absolute atomic E-state index is 13.6. The zero-order valence-electron chi connectivity index (χ0n) is 22.3. The molecule has 37 heavy (non-hydrogen) atoms. The van der Waals surface area contributed by atoms with Gasteiger partial charge in [-0.15, -0.1) is 0 Å². The van der Waals surface area contributed by atoms with E-state index in [9.17, 15) is 4.39 Å². The number of anilines is 3. The van der Waals surface area contributed by atoms with E-state index in [1.807, 2.05) is 12.1 Å². The minimum absolute atomic E-state index is 0.0268. The standard InChI is InChI=1S/C29H41FN6S/c1-21-12-17-35(18-13-21)25-19-26(36-16-6-3-7-22(36)2)33-27(32-25)34-28(37)31-20-29(14-4-5-15-29)23-8-10-24(30)11-9-23/h8-11,19,21-22H,3-7,12-18,20H2,1-2H3,(H2,31,32,33,34,37). The van der Waals surface area contributed by atoms with Crippen LogP contribution in [0.2, 0.25) is 0 Å². The third-order valence-electron chi connectivity index (χ3n) is 8.73. The number of benzene rings is 1. The highest BCUT2D eigenvalue weighted by atomic mass is 32.1. The molecule has 6 nitrogen and oxygen atoms in total. The first kappa shape index (κ1) is 26.1. The Hall–Kier alpha value is -2.48. The van der Waals surface area contributed by atoms with E-state index in [2.05, 4.69) is 40.3 Å². The van der Waals surface area contributed by atoms with Gasteiger partial charge in [-0.3, -0.25) is 0 Å². The van der Waals surface area contributed by atoms with Crippen LogP contribution in [0.1, 0.15) is 77.2 Å². The summed E-state index contributed by atoms with van der Waals surface area (Å²) >= 11 is 5.74. The maximum Gasteiger partial charge on any atom is 0.232 e. The average Bonchev–Trinajstić information content (AvgIpc) is 3.39. The Labute approximate surface area is 226 Å². The molecule has 1 unspecified atom stereocenters. The summed E-state index contributed by atoms with van der Waals surface area (Å²) in [4.78, 5) is 14.7. The van der Waals surface area contributed by atoms with Gasteiger partial charge in [0.05, 0.1) is 0 Å². The minimum atomic E-state index is -0.193. The summed E-state index contributed by atoms with van der Waals surface area (Å²) in [6.07, 6.45) is 10.5. The van der Waals surface area contributed by atoms with Gasteiger partial charge >= 0.3 is 0 Å². The van der Waals surface area contributed by atoms with Crippen molar-refractivity contribution in [3.63, 3.8) is 0 Å². The normalized spacial score (nSPS) is 22.2. The van der Waals surface area contributed by atoms with Crippen molar-refractivity contribution >= 4 is 34.9 Å². The van der Waals surface area contributed by atoms with Gasteiger partial charge in [0.15, 0.2) is 5.11 Å². The van der Waals surface area contributed by atoms with Crippen molar-refractivity contribution in [2.24, 2.45) is 5.92 Å². The number of thiocarbonyl (C=S) groups is 1. The maximum atomic E-state index is 13.6. The summed E-state index contributed by atoms with van der Waals surface area (Å²) in [6.45, 7) is 8.41. The van der Waals surface area contributed by atoms with Crippen molar-refractivity contribution in [3.05, 3.63) is 41.7 Å². The molecule has 2 aromatic rings. The van der Waals surface area contributed by atoms with Gasteiger partial charge in [0, 0.05) is 43.7 Å². The summed E-state index contributed by atoms with van der Waals surface area (Å²) in [7, 11) is 0. The average molecular weight is 525 g/mol. The fourth-order valence-corrected chi connectivity index (χ4v) is 6.44. The van der Waals surface area contributed by atoms with Crippen molar-refractivity contribution in [1.82, 2.24) is 15.3 Å². The molecular weight excluding hydrogens is 483 g/mol. The molecule has 0 radical (unpaired) electrons. The first-order valence-corrected chi connectivity index (χ1v) is 14.5. The SMILES string of the molecule is CC1CCN(c2cc(N3CCCCC3C)nc(NC(=S)NCC3(c4ccc(F)cc4)CCCC3)n2)CC1. The highest BCUT2D eigenvalue weighted by Gasteiger charge is 2.35. The van der Waals surface area contributed by atoms with Crippen molar-refractivity contribution in [2.75, 3.05) is 41.3 Å². The Bertz CT molecular complexity index is 1060. The number of piperidine rings is 2. The molecule has 2 saturated heterocycles. The fourth-order valence-electron chi connectivity index (χ4n) is 6.28. The van der Waals surface area contributed by atoms with Crippen molar-refractivity contribution in [3.8, 4) is 0 Å². The Morgan fingerprint density at radius 3 is 2.38 bits per heavy atom. The lowest BCUT2D eigenvalue weighted by Crippen LogP contribution is -2.41. The zero-order chi connectivity index (χ0) is 25.8. The van der Waals surface area contributed by atoms with Gasteiger partial charge in [0.2, 0.25) is 5.95 Å². The molecule has 3 aliphatic rings. The van der Waals surface area contributed by atoms with E-state index in [1.165, 1.54) is 50.5 Å². The molecule has 2 N–H and O–H groups in total. The van der Waals surface area contributed by atoms with Crippen LogP contribution in [0.25, 0.3) is 0 Å². The summed E-state index contributed by atoms with van der Waals surface area (Å²) in [5.41, 5.74) is 1.15. The van der Waals surface area contributed by atoms with Gasteiger partial charge in [0.25, 0.3) is 0 Å². The molecule has 1 saturated carbocycles. The lowest BCUT2D eigenvalue weighted by molar-refractivity contribution is 0.434. The van der Waals surface area contributed by atoms with Crippen molar-refractivity contribution < 1.29 is 4.39 Å². The summed E-state index contributed by atoms with van der Waals surface area (Å²) < 4.78 is 13.6. The lowest BCUT2D eigenvalue weighted by Gasteiger charge is -2.36. The highest BCUT2D eigenvalue weighted by Crippen LogP contribution is 2.40. The molecule has 0 spiro atoms. The quantitative estimate of drug-likeness (QED) is 0.448. The van der Waals surface area contributed by atoms with Crippen LogP contribution in [-0.2, 0) is 5.41 Å². The molecule has 8 heteroatoms. The van der Waals surface area contributed by atoms with Gasteiger partial charge < -0.3 is 20.4 Å². The van der Waals surface area contributed by atoms with Gasteiger partial charge in [-0.05, 0) is 87.7 Å². The molecule has 3 fully saturated rings. The van der Waals surface area contributed by atoms with E-state index in [4.69, 9.17) is 22.2 Å². The third-order valence-corrected chi connectivity index (χ3v) is 8.98. The van der Waals surface area contributed by atoms with Gasteiger partial charge in [-0.25, -0.2) is 4.39 Å². The molecule has 0 bridgehead atoms. The molecule has 3 heterocycles. The Morgan fingerprint density at radius 2 is 1.68 bits per heavy atom. The minimum Gasteiger partial charge on any atom is -0.361 e. The number of nitrogens with one attached hydrogen (secondary N) is 2. The predicted octanol–water partition coefficient (Wildman–Crippen LogP) is 6.03. The third kappa shape index (κ3) is 6.16. The number of aromatic nitrogens is 2. The summed E-state index contributed by atoms with van der Waals surface area (Å²) in [6, 6.07) is 9.62. The van der Waals surface area contributed by atoms with E-state index in [1.54, 1.807) is 12.1 Å². The Kier molecular flexibility index (Phi) is 8.12. The van der Waals surface area contributed by atoms with E-state index < -0.39 is 0 Å². The number of hydrogen-bond donors (Lipinski definition) is 2. The second-order valence-electron chi connectivity index (χ2n) is 11.4. The van der Waals surface area contributed by atoms with E-state index in [0.29, 0.717) is 23.6 Å². The second-order valence-corrected chi connectivity index (χ2v) is 11.8. The monoisotopic (exact) mass is 524 g/mol. The molecule has 2 aliphatic heterocycles. The largest absolute Gasteiger partial charge is 0.361 e. The molecule has 200 valence electrons. The first-order chi connectivity index (χ1) is 17.9. The van der Waals surface area contributed by atoms with E-state index >= 15 is 0 Å². The van der Waals surface area contributed by atoms with Crippen LogP contribution < -0.4 is 20.4 Å². The molecule has 1 aromatic carbocycles. The number of hydrogen-bond acceptors (Lipinski definition) is 5. The van der Waals surface area contributed by atoms with Crippen molar-refractivity contribution in [1.29, 1.82) is 0 Å². The van der Waals surface area contributed by atoms with Crippen LogP contribution in [-0.4, -0.2) is 47.3 Å². The van der Waals surface area contributed by atoms with E-state index in [-0.39, 0.29) is 11.2 Å². The summed E-state index contributed by atoms with van der Waals surface area (Å²) in [5.74, 6) is 3.10. The summed E-state index contributed by atoms with van der Waals surface area (Å²) in [5, 5.41) is 7.31. The number of rotatable bonds is 6. The smallest absolute Gasteiger partial charge is 0.232 e. The Balaban J connectivity index is 1.32. The molecule has 1 aliphatic carbocycles. The molecule has 5 rings (SSSR count). The predicted molar refractivity (Wildman–Crippen MR) is 154 cm³/mol. The highest BCUT2D eigenvalue weighted by molar-refractivity contribution is 7.80. The zero-order valence-corrected chi connectivity index (χ0v) is 23.1. The van der Waals surface area contributed by atoms with Gasteiger partial charge in [-0.2, -0.15) is 9.97 Å². The molecule has 1 aromatic heterocycles. The first-order valence-electron chi connectivity index (χ1n) is 14.1. The lowest BCUT2D eigenvalue weighted by atomic mass is 9.79. The van der Waals surface area contributed by atoms with Crippen LogP contribution in [0.3, 0.4) is 0 Å². The molecular formula is C29H41FN6S. The van der Waals surface area contributed by atoms with Crippen LogP contribution >= 0.6 is 12.2 Å². The molecule has 1 atom stereocenters. The van der Waals surface area contributed by atoms with Crippen LogP contribution in [0.4, 0.5) is 22.0 Å². The molecule has 0 amide bonds. The number of halogens is 1. The van der Waals surface area contributed by atoms with Crippen LogP contribution in [0, 0.1) is 11.7 Å². The van der Waals surface area contributed by atoms with Crippen LogP contribution in [0.5, 0.6) is 0 Å². The Morgan fingerprint density at radius 1 is 0.973 bits per heavy atom. The second kappa shape index (κ2) is 11.5. The fraction of sp³-hybridized carbons (Fsp3) is 0.621. The van der Waals surface area contributed by atoms with Gasteiger partial charge in [-0.1, -0.05) is 31.9 Å². The topological polar surface area (TPSA) is 56.3 Å². The number of nitrogens with zero attached hydrogens (tertiary/aromatic N) is 4.